The third-order valence-corrected chi connectivity index (χ3v) is 2.95. The number of nitrogens with two attached hydrogens (primary N) is 1. The lowest BCUT2D eigenvalue weighted by Crippen LogP contribution is -2.42. The van der Waals surface area contributed by atoms with E-state index in [2.05, 4.69) is 24.3 Å². The minimum absolute atomic E-state index is 0.0741. The molecule has 0 aromatic heterocycles. The molecule has 1 aromatic carbocycles. The first-order valence-corrected chi connectivity index (χ1v) is 6.32. The fourth-order valence-corrected chi connectivity index (χ4v) is 1.88. The third-order valence-electron chi connectivity index (χ3n) is 2.95. The maximum Gasteiger partial charge on any atom is 0.170 e. The van der Waals surface area contributed by atoms with Crippen LogP contribution >= 0.6 is 0 Å². The minimum atomic E-state index is -0.160. The number of rotatable bonds is 7. The predicted octanol–water partition coefficient (Wildman–Crippen LogP) is 1.30. The lowest BCUT2D eigenvalue weighted by molar-refractivity contribution is 0.127. The molecule has 0 fully saturated rings. The average Bonchev–Trinajstić information content (AvgIpc) is 2.44. The molecule has 0 aliphatic rings. The zero-order valence-electron chi connectivity index (χ0n) is 12.4. The molecule has 0 radical (unpaired) electrons. The van der Waals surface area contributed by atoms with Crippen molar-refractivity contribution in [3.05, 3.63) is 29.3 Å². The van der Waals surface area contributed by atoms with Gasteiger partial charge in [-0.15, -0.1) is 0 Å². The molecule has 0 spiro atoms. The maximum absolute atomic E-state index is 8.73. The van der Waals surface area contributed by atoms with Crippen LogP contribution < -0.4 is 15.8 Å². The lowest BCUT2D eigenvalue weighted by Gasteiger charge is -2.26. The molecule has 6 heteroatoms. The summed E-state index contributed by atoms with van der Waals surface area (Å²) in [6.45, 7) is 5.29. The first-order chi connectivity index (χ1) is 9.43. The van der Waals surface area contributed by atoms with Crippen LogP contribution in [-0.2, 0) is 11.3 Å². The lowest BCUT2D eigenvalue weighted by atomic mass is 10.0. The smallest absolute Gasteiger partial charge is 0.170 e. The monoisotopic (exact) mass is 281 g/mol. The molecule has 1 rings (SSSR count). The van der Waals surface area contributed by atoms with Crippen molar-refractivity contribution >= 4 is 5.84 Å². The van der Waals surface area contributed by atoms with Crippen molar-refractivity contribution in [2.45, 2.75) is 25.9 Å². The Balaban J connectivity index is 2.92. The third kappa shape index (κ3) is 4.40. The topological polar surface area (TPSA) is 89.1 Å². The quantitative estimate of drug-likeness (QED) is 0.303. The fourth-order valence-electron chi connectivity index (χ4n) is 1.88. The van der Waals surface area contributed by atoms with Gasteiger partial charge in [0.2, 0.25) is 0 Å². The summed E-state index contributed by atoms with van der Waals surface area (Å²) >= 11 is 0. The second-order valence-electron chi connectivity index (χ2n) is 5.18. The Hall–Kier alpha value is -1.79. The number of ether oxygens (including phenoxy) is 2. The second-order valence-corrected chi connectivity index (χ2v) is 5.18. The van der Waals surface area contributed by atoms with E-state index in [0.717, 1.165) is 11.3 Å². The number of hydrogen-bond acceptors (Lipinski definition) is 5. The van der Waals surface area contributed by atoms with Crippen LogP contribution in [0.25, 0.3) is 0 Å². The molecule has 0 bridgehead atoms. The number of hydrogen-bond donors (Lipinski definition) is 3. The van der Waals surface area contributed by atoms with Crippen molar-refractivity contribution in [2.24, 2.45) is 10.9 Å². The van der Waals surface area contributed by atoms with Crippen molar-refractivity contribution in [1.29, 1.82) is 0 Å². The average molecular weight is 281 g/mol. The highest BCUT2D eigenvalue weighted by Gasteiger charge is 2.17. The highest BCUT2D eigenvalue weighted by atomic mass is 16.5. The van der Waals surface area contributed by atoms with Gasteiger partial charge >= 0.3 is 0 Å². The van der Waals surface area contributed by atoms with E-state index in [-0.39, 0.29) is 11.4 Å². The summed E-state index contributed by atoms with van der Waals surface area (Å²) in [5.41, 5.74) is 7.02. The van der Waals surface area contributed by atoms with Crippen molar-refractivity contribution in [3.8, 4) is 5.75 Å². The van der Waals surface area contributed by atoms with Crippen LogP contribution in [0.3, 0.4) is 0 Å². The number of benzene rings is 1. The molecule has 0 aliphatic heterocycles. The van der Waals surface area contributed by atoms with E-state index in [4.69, 9.17) is 20.4 Å². The van der Waals surface area contributed by atoms with Gasteiger partial charge in [0.05, 0.1) is 13.7 Å². The first kappa shape index (κ1) is 16.3. The zero-order valence-corrected chi connectivity index (χ0v) is 12.4. The van der Waals surface area contributed by atoms with Crippen LogP contribution in [0.5, 0.6) is 5.75 Å². The number of nitrogens with zero attached hydrogens (tertiary/aromatic N) is 1. The van der Waals surface area contributed by atoms with Crippen LogP contribution in [0.15, 0.2) is 23.4 Å². The minimum Gasteiger partial charge on any atom is -0.496 e. The summed E-state index contributed by atoms with van der Waals surface area (Å²) < 4.78 is 10.5. The Morgan fingerprint density at radius 1 is 1.40 bits per heavy atom. The molecule has 4 N–H and O–H groups in total. The van der Waals surface area contributed by atoms with Crippen molar-refractivity contribution in [2.75, 3.05) is 20.8 Å². The Kier molecular flexibility index (Phi) is 5.79. The molecule has 20 heavy (non-hydrogen) atoms. The number of nitrogens with one attached hydrogen (secondary N) is 1. The van der Waals surface area contributed by atoms with Crippen LogP contribution in [0.1, 0.15) is 25.0 Å². The molecule has 0 unspecified atom stereocenters. The molecule has 0 saturated carbocycles. The van der Waals surface area contributed by atoms with Gasteiger partial charge < -0.3 is 25.7 Å². The molecule has 0 saturated heterocycles. The SMILES string of the molecule is COCC(C)(C)NCc1cc(/C(N)=N/O)ccc1OC. The molecule has 0 atom stereocenters. The summed E-state index contributed by atoms with van der Waals surface area (Å²) in [6, 6.07) is 5.38. The van der Waals surface area contributed by atoms with Crippen molar-refractivity contribution in [1.82, 2.24) is 5.32 Å². The largest absolute Gasteiger partial charge is 0.496 e. The van der Waals surface area contributed by atoms with E-state index < -0.39 is 0 Å². The van der Waals surface area contributed by atoms with Crippen LogP contribution in [0.4, 0.5) is 0 Å². The summed E-state index contributed by atoms with van der Waals surface area (Å²) in [6.07, 6.45) is 0. The van der Waals surface area contributed by atoms with E-state index in [1.807, 2.05) is 6.07 Å². The molecule has 112 valence electrons. The van der Waals surface area contributed by atoms with Gasteiger partial charge in [-0.25, -0.2) is 0 Å². The first-order valence-electron chi connectivity index (χ1n) is 6.32. The molecule has 0 amide bonds. The predicted molar refractivity (Wildman–Crippen MR) is 78.3 cm³/mol. The summed E-state index contributed by atoms with van der Waals surface area (Å²) in [4.78, 5) is 0. The maximum atomic E-state index is 8.73. The number of methoxy groups -OCH3 is 2. The number of amidine groups is 1. The summed E-state index contributed by atoms with van der Waals surface area (Å²) in [5, 5.41) is 15.1. The van der Waals surface area contributed by atoms with Crippen molar-refractivity contribution < 1.29 is 14.7 Å². The number of oxime groups is 1. The van der Waals surface area contributed by atoms with Gasteiger partial charge in [0.15, 0.2) is 5.84 Å². The molecule has 0 heterocycles. The van der Waals surface area contributed by atoms with Crippen molar-refractivity contribution in [3.63, 3.8) is 0 Å². The van der Waals surface area contributed by atoms with E-state index >= 15 is 0 Å². The van der Waals surface area contributed by atoms with E-state index in [9.17, 15) is 0 Å². The van der Waals surface area contributed by atoms with Gasteiger partial charge in [0.1, 0.15) is 5.75 Å². The Morgan fingerprint density at radius 3 is 2.65 bits per heavy atom. The molecule has 1 aromatic rings. The Labute approximate surface area is 119 Å². The van der Waals surface area contributed by atoms with Gasteiger partial charge in [-0.05, 0) is 32.0 Å². The highest BCUT2D eigenvalue weighted by molar-refractivity contribution is 5.97. The van der Waals surface area contributed by atoms with Crippen LogP contribution in [0.2, 0.25) is 0 Å². The van der Waals surface area contributed by atoms with Gasteiger partial charge in [-0.3, -0.25) is 0 Å². The fraction of sp³-hybridized carbons (Fsp3) is 0.500. The second kappa shape index (κ2) is 7.12. The van der Waals surface area contributed by atoms with Crippen LogP contribution in [0, 0.1) is 0 Å². The van der Waals surface area contributed by atoms with E-state index in [0.29, 0.717) is 18.7 Å². The summed E-state index contributed by atoms with van der Waals surface area (Å²) in [7, 11) is 3.28. The molecular weight excluding hydrogens is 258 g/mol. The van der Waals surface area contributed by atoms with E-state index in [1.165, 1.54) is 0 Å². The van der Waals surface area contributed by atoms with E-state index in [1.54, 1.807) is 26.4 Å². The van der Waals surface area contributed by atoms with Gasteiger partial charge in [0, 0.05) is 30.3 Å². The summed E-state index contributed by atoms with van der Waals surface area (Å²) in [5.74, 6) is 0.824. The van der Waals surface area contributed by atoms with Gasteiger partial charge in [-0.2, -0.15) is 0 Å². The standard InChI is InChI=1S/C14H23N3O3/c1-14(2,9-19-3)16-8-11-7-10(13(15)17-18)5-6-12(11)20-4/h5-7,16,18H,8-9H2,1-4H3,(H2,15,17). The molecular formula is C14H23N3O3. The normalized spacial score (nSPS) is 12.5. The highest BCUT2D eigenvalue weighted by Crippen LogP contribution is 2.20. The Morgan fingerprint density at radius 2 is 2.10 bits per heavy atom. The van der Waals surface area contributed by atoms with Crippen LogP contribution in [-0.4, -0.2) is 37.4 Å². The zero-order chi connectivity index (χ0) is 15.2. The molecule has 0 aliphatic carbocycles. The molecule has 6 nitrogen and oxygen atoms in total. The Bertz CT molecular complexity index is 473. The van der Waals surface area contributed by atoms with Gasteiger partial charge in [-0.1, -0.05) is 5.16 Å². The van der Waals surface area contributed by atoms with Gasteiger partial charge in [0.25, 0.3) is 0 Å².